The fraction of sp³-hybridized carbons (Fsp3) is 0.346. The summed E-state index contributed by atoms with van der Waals surface area (Å²) in [5.41, 5.74) is 1.76. The highest BCUT2D eigenvalue weighted by Crippen LogP contribution is 2.35. The van der Waals surface area contributed by atoms with Crippen molar-refractivity contribution in [1.29, 1.82) is 0 Å². The zero-order valence-electron chi connectivity index (χ0n) is 21.0. The van der Waals surface area contributed by atoms with Crippen molar-refractivity contribution in [3.05, 3.63) is 58.5 Å². The van der Waals surface area contributed by atoms with Crippen LogP contribution in [-0.2, 0) is 16.0 Å². The van der Waals surface area contributed by atoms with Gasteiger partial charge in [-0.05, 0) is 54.3 Å². The third kappa shape index (κ3) is 8.16. The number of hydrogen-bond donors (Lipinski definition) is 1. The molecule has 38 heavy (non-hydrogen) atoms. The third-order valence-electron chi connectivity index (χ3n) is 5.44. The maximum Gasteiger partial charge on any atom is 0.266 e. The minimum Gasteiger partial charge on any atom is -0.493 e. The molecule has 12 heteroatoms. The number of rotatable bonds is 11. The quantitative estimate of drug-likeness (QED) is 0.141. The Balaban J connectivity index is 1.65. The Bertz CT molecular complexity index is 1200. The molecule has 1 aliphatic rings. The average molecular weight is 618 g/mol. The molecule has 0 aromatic heterocycles. The van der Waals surface area contributed by atoms with Crippen LogP contribution in [0.25, 0.3) is 6.08 Å². The lowest BCUT2D eigenvalue weighted by Gasteiger charge is -2.26. The molecule has 2 amide bonds. The number of thioether (sulfide) groups is 1. The van der Waals surface area contributed by atoms with E-state index in [4.69, 9.17) is 61.2 Å². The highest BCUT2D eigenvalue weighted by atomic mass is 35.6. The topological polar surface area (TPSA) is 77.1 Å². The van der Waals surface area contributed by atoms with Crippen molar-refractivity contribution in [2.24, 2.45) is 0 Å². The molecule has 1 saturated heterocycles. The second-order valence-electron chi connectivity index (χ2n) is 8.20. The van der Waals surface area contributed by atoms with E-state index in [0.717, 1.165) is 11.1 Å². The van der Waals surface area contributed by atoms with Crippen LogP contribution in [0.4, 0.5) is 0 Å². The molecule has 2 aromatic rings. The average Bonchev–Trinajstić information content (AvgIpc) is 3.14. The second-order valence-corrected chi connectivity index (χ2v) is 12.2. The molecule has 0 aliphatic carbocycles. The highest BCUT2D eigenvalue weighted by molar-refractivity contribution is 8.26. The molecule has 1 unspecified atom stereocenters. The first kappa shape index (κ1) is 30.4. The standard InChI is InChI=1S/C26H27Cl3N2O5S2/c1-4-5-22(32)30-24(26(27,28)29)36-18-9-6-16(7-10-18)15-21-23(33)31(25(37)38-21)13-12-17-8-11-19(34-2)20(14-17)35-3/h6-11,14-15,24H,4-5,12-13H2,1-3H3,(H,30,32). The second kappa shape index (κ2) is 13.8. The lowest BCUT2D eigenvalue weighted by atomic mass is 10.1. The molecule has 1 fully saturated rings. The van der Waals surface area contributed by atoms with Gasteiger partial charge in [0.1, 0.15) is 10.1 Å². The van der Waals surface area contributed by atoms with E-state index < -0.39 is 10.0 Å². The fourth-order valence-corrected chi connectivity index (χ4v) is 5.13. The fourth-order valence-electron chi connectivity index (χ4n) is 3.52. The summed E-state index contributed by atoms with van der Waals surface area (Å²) >= 11 is 24.7. The Morgan fingerprint density at radius 3 is 2.42 bits per heavy atom. The van der Waals surface area contributed by atoms with E-state index in [1.54, 1.807) is 49.5 Å². The van der Waals surface area contributed by atoms with E-state index in [2.05, 4.69) is 5.32 Å². The first-order chi connectivity index (χ1) is 18.0. The van der Waals surface area contributed by atoms with Crippen molar-refractivity contribution in [3.63, 3.8) is 0 Å². The molecular formula is C26H27Cl3N2O5S2. The minimum absolute atomic E-state index is 0.157. The van der Waals surface area contributed by atoms with Crippen LogP contribution in [0, 0.1) is 0 Å². The zero-order chi connectivity index (χ0) is 27.9. The van der Waals surface area contributed by atoms with E-state index >= 15 is 0 Å². The highest BCUT2D eigenvalue weighted by Gasteiger charge is 2.36. The van der Waals surface area contributed by atoms with E-state index in [1.807, 2.05) is 25.1 Å². The Morgan fingerprint density at radius 1 is 1.13 bits per heavy atom. The first-order valence-electron chi connectivity index (χ1n) is 11.6. The molecule has 0 radical (unpaired) electrons. The molecule has 1 aliphatic heterocycles. The number of thiocarbonyl (C=S) groups is 1. The summed E-state index contributed by atoms with van der Waals surface area (Å²) in [6.07, 6.45) is 2.13. The predicted octanol–water partition coefficient (Wildman–Crippen LogP) is 6.14. The van der Waals surface area contributed by atoms with Gasteiger partial charge in [0.05, 0.1) is 19.1 Å². The number of nitrogens with zero attached hydrogens (tertiary/aromatic N) is 1. The summed E-state index contributed by atoms with van der Waals surface area (Å²) in [7, 11) is 3.16. The number of alkyl halides is 3. The Kier molecular flexibility index (Phi) is 11.0. The molecule has 2 aromatic carbocycles. The van der Waals surface area contributed by atoms with Gasteiger partial charge in [-0.3, -0.25) is 14.5 Å². The van der Waals surface area contributed by atoms with Crippen molar-refractivity contribution >= 4 is 81.0 Å². The van der Waals surface area contributed by atoms with E-state index in [9.17, 15) is 9.59 Å². The minimum atomic E-state index is -1.87. The van der Waals surface area contributed by atoms with Crippen molar-refractivity contribution in [3.8, 4) is 17.2 Å². The van der Waals surface area contributed by atoms with Crippen molar-refractivity contribution in [2.45, 2.75) is 36.2 Å². The monoisotopic (exact) mass is 616 g/mol. The van der Waals surface area contributed by atoms with Crippen molar-refractivity contribution in [1.82, 2.24) is 10.2 Å². The number of halogens is 3. The van der Waals surface area contributed by atoms with Gasteiger partial charge in [0, 0.05) is 13.0 Å². The molecular weight excluding hydrogens is 591 g/mol. The van der Waals surface area contributed by atoms with Crippen molar-refractivity contribution < 1.29 is 23.8 Å². The number of methoxy groups -OCH3 is 2. The van der Waals surface area contributed by atoms with Crippen LogP contribution in [0.2, 0.25) is 0 Å². The number of carbonyl (C=O) groups excluding carboxylic acids is 2. The van der Waals surface area contributed by atoms with Gasteiger partial charge in [-0.25, -0.2) is 0 Å². The normalized spacial score (nSPS) is 15.5. The Hall–Kier alpha value is -2.17. The van der Waals surface area contributed by atoms with Crippen LogP contribution in [0.5, 0.6) is 17.2 Å². The lowest BCUT2D eigenvalue weighted by molar-refractivity contribution is -0.124. The molecule has 204 valence electrons. The van der Waals surface area contributed by atoms with Crippen LogP contribution in [0.3, 0.4) is 0 Å². The molecule has 7 nitrogen and oxygen atoms in total. The number of amides is 2. The van der Waals surface area contributed by atoms with Gasteiger partial charge < -0.3 is 19.5 Å². The van der Waals surface area contributed by atoms with Crippen LogP contribution >= 0.6 is 58.8 Å². The number of hydrogen-bond acceptors (Lipinski definition) is 7. The van der Waals surface area contributed by atoms with Gasteiger partial charge in [-0.2, -0.15) is 0 Å². The molecule has 1 N–H and O–H groups in total. The summed E-state index contributed by atoms with van der Waals surface area (Å²) in [6.45, 7) is 2.31. The van der Waals surface area contributed by atoms with Crippen LogP contribution in [-0.4, -0.2) is 51.8 Å². The van der Waals surface area contributed by atoms with E-state index in [-0.39, 0.29) is 18.2 Å². The summed E-state index contributed by atoms with van der Waals surface area (Å²) in [4.78, 5) is 27.1. The number of carbonyl (C=O) groups is 2. The molecule has 1 heterocycles. The predicted molar refractivity (Wildman–Crippen MR) is 157 cm³/mol. The zero-order valence-corrected chi connectivity index (χ0v) is 24.9. The van der Waals surface area contributed by atoms with Gasteiger partial charge in [0.15, 0.2) is 11.5 Å². The van der Waals surface area contributed by atoms with Crippen molar-refractivity contribution in [2.75, 3.05) is 20.8 Å². The lowest BCUT2D eigenvalue weighted by Crippen LogP contribution is -2.47. The smallest absolute Gasteiger partial charge is 0.266 e. The molecule has 3 rings (SSSR count). The maximum absolute atomic E-state index is 13.0. The van der Waals surface area contributed by atoms with Crippen LogP contribution in [0.15, 0.2) is 47.4 Å². The van der Waals surface area contributed by atoms with E-state index in [1.165, 1.54) is 11.8 Å². The summed E-state index contributed by atoms with van der Waals surface area (Å²) in [6, 6.07) is 12.5. The number of benzene rings is 2. The Morgan fingerprint density at radius 2 is 1.82 bits per heavy atom. The van der Waals surface area contributed by atoms with Gasteiger partial charge in [-0.1, -0.05) is 83.9 Å². The largest absolute Gasteiger partial charge is 0.493 e. The summed E-state index contributed by atoms with van der Waals surface area (Å²) in [5.74, 6) is 1.22. The van der Waals surface area contributed by atoms with Crippen LogP contribution in [0.1, 0.15) is 30.9 Å². The molecule has 0 bridgehead atoms. The molecule has 1 atom stereocenters. The van der Waals surface area contributed by atoms with Gasteiger partial charge in [-0.15, -0.1) is 0 Å². The van der Waals surface area contributed by atoms with E-state index in [0.29, 0.717) is 45.9 Å². The number of nitrogens with one attached hydrogen (secondary N) is 1. The number of ether oxygens (including phenoxy) is 3. The first-order valence-corrected chi connectivity index (χ1v) is 14.0. The van der Waals surface area contributed by atoms with Crippen LogP contribution < -0.4 is 19.5 Å². The van der Waals surface area contributed by atoms with Gasteiger partial charge in [0.25, 0.3) is 5.91 Å². The maximum atomic E-state index is 13.0. The summed E-state index contributed by atoms with van der Waals surface area (Å²) < 4.78 is 15.0. The van der Waals surface area contributed by atoms with Gasteiger partial charge in [0.2, 0.25) is 15.9 Å². The SMILES string of the molecule is CCCC(=O)NC(Oc1ccc(C=C2SC(=S)N(CCc3ccc(OC)c(OC)c3)C2=O)cc1)C(Cl)(Cl)Cl. The third-order valence-corrected chi connectivity index (χ3v) is 7.42. The molecule has 0 saturated carbocycles. The Labute approximate surface area is 246 Å². The summed E-state index contributed by atoms with van der Waals surface area (Å²) in [5, 5.41) is 2.58. The van der Waals surface area contributed by atoms with Gasteiger partial charge >= 0.3 is 0 Å². The molecule has 0 spiro atoms.